The van der Waals surface area contributed by atoms with Gasteiger partial charge in [0.15, 0.2) is 9.84 Å². The zero-order valence-corrected chi connectivity index (χ0v) is 15.6. The Balaban J connectivity index is 1.96. The minimum atomic E-state index is -3.29. The summed E-state index contributed by atoms with van der Waals surface area (Å²) in [6, 6.07) is 2.45. The van der Waals surface area contributed by atoms with E-state index in [2.05, 4.69) is 0 Å². The molecule has 1 aliphatic rings. The minimum absolute atomic E-state index is 0.172. The van der Waals surface area contributed by atoms with Gasteiger partial charge in [-0.3, -0.25) is 4.79 Å². The maximum Gasteiger partial charge on any atom is 0.307 e. The summed E-state index contributed by atoms with van der Waals surface area (Å²) in [6.07, 6.45) is 2.00. The molecule has 0 N–H and O–H groups in total. The van der Waals surface area contributed by atoms with Crippen molar-refractivity contribution in [1.29, 1.82) is 0 Å². The number of esters is 1. The van der Waals surface area contributed by atoms with Crippen LogP contribution in [0.2, 0.25) is 10.0 Å². The number of ether oxygens (including phenoxy) is 1. The maximum atomic E-state index is 13.5. The summed E-state index contributed by atoms with van der Waals surface area (Å²) >= 11 is 11.8. The second-order valence-electron chi connectivity index (χ2n) is 5.91. The quantitative estimate of drug-likeness (QED) is 0.525. The van der Waals surface area contributed by atoms with Crippen LogP contribution in [-0.4, -0.2) is 25.4 Å². The standard InChI is InChI=1S/C16H19Cl2FO4S/c1-10(15-12(17)6-7-13(19)16(15)18)23-14(20)8-9-24(21,22)11-4-2-3-5-11/h6-7,10-11H,2-5,8-9H2,1H3. The third kappa shape index (κ3) is 4.61. The third-order valence-electron chi connectivity index (χ3n) is 4.19. The Labute approximate surface area is 151 Å². The SMILES string of the molecule is CC(OC(=O)CCS(=O)(=O)C1CCCC1)c1c(Cl)ccc(F)c1Cl. The van der Waals surface area contributed by atoms with Gasteiger partial charge in [0.05, 0.1) is 22.4 Å². The molecule has 0 heterocycles. The average molecular weight is 397 g/mol. The number of hydrogen-bond acceptors (Lipinski definition) is 4. The number of carbonyl (C=O) groups excluding carboxylic acids is 1. The Bertz CT molecular complexity index is 715. The van der Waals surface area contributed by atoms with Crippen molar-refractivity contribution in [1.82, 2.24) is 0 Å². The van der Waals surface area contributed by atoms with Crippen LogP contribution < -0.4 is 0 Å². The van der Waals surface area contributed by atoms with Gasteiger partial charge in [-0.15, -0.1) is 0 Å². The predicted octanol–water partition coefficient (Wildman–Crippen LogP) is 4.48. The van der Waals surface area contributed by atoms with Crippen molar-refractivity contribution in [3.8, 4) is 0 Å². The van der Waals surface area contributed by atoms with Gasteiger partial charge in [-0.2, -0.15) is 0 Å². The molecule has 1 aliphatic carbocycles. The molecule has 134 valence electrons. The first-order valence-electron chi connectivity index (χ1n) is 7.77. The van der Waals surface area contributed by atoms with Gasteiger partial charge in [0.1, 0.15) is 11.9 Å². The van der Waals surface area contributed by atoms with Crippen LogP contribution in [0.25, 0.3) is 0 Å². The summed E-state index contributed by atoms with van der Waals surface area (Å²) in [5, 5.41) is -0.378. The van der Waals surface area contributed by atoms with Crippen LogP contribution >= 0.6 is 23.2 Å². The fourth-order valence-electron chi connectivity index (χ4n) is 2.87. The lowest BCUT2D eigenvalue weighted by Gasteiger charge is -2.17. The van der Waals surface area contributed by atoms with Crippen molar-refractivity contribution < 1.29 is 22.3 Å². The van der Waals surface area contributed by atoms with Crippen LogP contribution in [0.5, 0.6) is 0 Å². The molecule has 8 heteroatoms. The summed E-state index contributed by atoms with van der Waals surface area (Å²) in [4.78, 5) is 11.9. The lowest BCUT2D eigenvalue weighted by atomic mass is 10.1. The molecule has 0 spiro atoms. The molecule has 1 unspecified atom stereocenters. The molecule has 1 atom stereocenters. The average Bonchev–Trinajstić information content (AvgIpc) is 3.05. The van der Waals surface area contributed by atoms with Gasteiger partial charge >= 0.3 is 5.97 Å². The lowest BCUT2D eigenvalue weighted by molar-refractivity contribution is -0.148. The summed E-state index contributed by atoms with van der Waals surface area (Å²) in [6.45, 7) is 1.51. The van der Waals surface area contributed by atoms with Gasteiger partial charge < -0.3 is 4.74 Å². The highest BCUT2D eigenvalue weighted by molar-refractivity contribution is 7.92. The van der Waals surface area contributed by atoms with Crippen molar-refractivity contribution >= 4 is 39.0 Å². The van der Waals surface area contributed by atoms with E-state index in [1.165, 1.54) is 13.0 Å². The topological polar surface area (TPSA) is 60.4 Å². The molecule has 24 heavy (non-hydrogen) atoms. The van der Waals surface area contributed by atoms with Crippen LogP contribution in [0.4, 0.5) is 4.39 Å². The molecule has 0 bridgehead atoms. The molecule has 0 saturated heterocycles. The zero-order valence-electron chi connectivity index (χ0n) is 13.2. The normalized spacial score (nSPS) is 17.0. The Kier molecular flexibility index (Phi) is 6.51. The number of benzene rings is 1. The van der Waals surface area contributed by atoms with Crippen molar-refractivity contribution in [2.75, 3.05) is 5.75 Å². The number of sulfone groups is 1. The minimum Gasteiger partial charge on any atom is -0.458 e. The highest BCUT2D eigenvalue weighted by Gasteiger charge is 2.29. The highest BCUT2D eigenvalue weighted by Crippen LogP contribution is 2.34. The number of carbonyl (C=O) groups is 1. The van der Waals surface area contributed by atoms with E-state index in [1.54, 1.807) is 0 Å². The number of hydrogen-bond donors (Lipinski definition) is 0. The Morgan fingerprint density at radius 3 is 2.58 bits per heavy atom. The monoisotopic (exact) mass is 396 g/mol. The maximum absolute atomic E-state index is 13.5. The molecule has 0 aliphatic heterocycles. The number of rotatable bonds is 6. The van der Waals surface area contributed by atoms with Gasteiger partial charge in [0.2, 0.25) is 0 Å². The first kappa shape index (κ1) is 19.5. The highest BCUT2D eigenvalue weighted by atomic mass is 35.5. The van der Waals surface area contributed by atoms with Gasteiger partial charge in [-0.25, -0.2) is 12.8 Å². The van der Waals surface area contributed by atoms with Crippen LogP contribution in [0, 0.1) is 5.82 Å². The summed E-state index contributed by atoms with van der Waals surface area (Å²) in [5.41, 5.74) is 0.172. The van der Waals surface area contributed by atoms with E-state index in [9.17, 15) is 17.6 Å². The molecule has 1 aromatic rings. The first-order valence-corrected chi connectivity index (χ1v) is 10.2. The van der Waals surface area contributed by atoms with Gasteiger partial charge in [-0.05, 0) is 31.9 Å². The lowest BCUT2D eigenvalue weighted by Crippen LogP contribution is -2.23. The first-order chi connectivity index (χ1) is 11.2. The Hall–Kier alpha value is -0.850. The van der Waals surface area contributed by atoms with E-state index >= 15 is 0 Å². The smallest absolute Gasteiger partial charge is 0.307 e. The van der Waals surface area contributed by atoms with E-state index < -0.39 is 27.7 Å². The summed E-state index contributed by atoms with van der Waals surface area (Å²) < 4.78 is 43.0. The molecule has 0 amide bonds. The molecule has 0 aromatic heterocycles. The molecule has 1 fully saturated rings. The fraction of sp³-hybridized carbons (Fsp3) is 0.562. The molecule has 4 nitrogen and oxygen atoms in total. The van der Waals surface area contributed by atoms with Gasteiger partial charge in [0, 0.05) is 10.6 Å². The predicted molar refractivity (Wildman–Crippen MR) is 91.6 cm³/mol. The molecular formula is C16H19Cl2FO4S. The second kappa shape index (κ2) is 8.02. The zero-order chi connectivity index (χ0) is 17.9. The van der Waals surface area contributed by atoms with Crippen LogP contribution in [0.1, 0.15) is 50.7 Å². The summed E-state index contributed by atoms with van der Waals surface area (Å²) in [5.74, 6) is -1.59. The molecule has 0 radical (unpaired) electrons. The van der Waals surface area contributed by atoms with Gasteiger partial charge in [-0.1, -0.05) is 36.0 Å². The second-order valence-corrected chi connectivity index (χ2v) is 9.10. The number of halogens is 3. The summed E-state index contributed by atoms with van der Waals surface area (Å²) in [7, 11) is -3.29. The Morgan fingerprint density at radius 1 is 1.33 bits per heavy atom. The van der Waals surface area contributed by atoms with E-state index in [0.29, 0.717) is 12.8 Å². The van der Waals surface area contributed by atoms with Crippen molar-refractivity contribution in [3.05, 3.63) is 33.6 Å². The molecule has 1 saturated carbocycles. The largest absolute Gasteiger partial charge is 0.458 e. The van der Waals surface area contributed by atoms with Crippen molar-refractivity contribution in [3.63, 3.8) is 0 Å². The van der Waals surface area contributed by atoms with Crippen molar-refractivity contribution in [2.45, 2.75) is 50.4 Å². The van der Waals surface area contributed by atoms with E-state index in [4.69, 9.17) is 27.9 Å². The van der Waals surface area contributed by atoms with Gasteiger partial charge in [0.25, 0.3) is 0 Å². The molecule has 2 rings (SSSR count). The third-order valence-corrected chi connectivity index (χ3v) is 7.17. The van der Waals surface area contributed by atoms with Crippen LogP contribution in [0.15, 0.2) is 12.1 Å². The van der Waals surface area contributed by atoms with Crippen LogP contribution in [0.3, 0.4) is 0 Å². The van der Waals surface area contributed by atoms with E-state index in [1.807, 2.05) is 0 Å². The van der Waals surface area contributed by atoms with Crippen molar-refractivity contribution in [2.24, 2.45) is 0 Å². The molecular weight excluding hydrogens is 378 g/mol. The van der Waals surface area contributed by atoms with E-state index in [0.717, 1.165) is 18.9 Å². The fourth-order valence-corrected chi connectivity index (χ4v) is 5.38. The Morgan fingerprint density at radius 2 is 1.96 bits per heavy atom. The molecule has 1 aromatic carbocycles. The van der Waals surface area contributed by atoms with Crippen LogP contribution in [-0.2, 0) is 19.4 Å². The van der Waals surface area contributed by atoms with E-state index in [-0.39, 0.29) is 33.0 Å².